The van der Waals surface area contributed by atoms with Crippen molar-refractivity contribution in [2.75, 3.05) is 0 Å². The van der Waals surface area contributed by atoms with Crippen LogP contribution >= 0.6 is 15.9 Å². The number of nitrogens with one attached hydrogen (secondary N) is 1. The highest BCUT2D eigenvalue weighted by molar-refractivity contribution is 9.10. The first-order valence-electron chi connectivity index (χ1n) is 8.26. The maximum absolute atomic E-state index is 13.2. The number of nitrogens with zero attached hydrogens (tertiary/aromatic N) is 5. The average molecular weight is 521 g/mol. The molecule has 31 heavy (non-hydrogen) atoms. The minimum atomic E-state index is -5.28. The molecule has 0 spiro atoms. The lowest BCUT2D eigenvalue weighted by molar-refractivity contribution is -0.140. The van der Waals surface area contributed by atoms with E-state index in [1.165, 1.54) is 30.3 Å². The molecule has 0 aliphatic carbocycles. The van der Waals surface area contributed by atoms with Gasteiger partial charge < -0.3 is 5.32 Å². The Morgan fingerprint density at radius 3 is 2.45 bits per heavy atom. The number of aromatic nitrogens is 5. The maximum atomic E-state index is 13.2. The zero-order valence-corrected chi connectivity index (χ0v) is 17.8. The van der Waals surface area contributed by atoms with Crippen molar-refractivity contribution in [1.82, 2.24) is 30.0 Å². The predicted molar refractivity (Wildman–Crippen MR) is 102 cm³/mol. The van der Waals surface area contributed by atoms with E-state index in [1.54, 1.807) is 6.07 Å². The summed E-state index contributed by atoms with van der Waals surface area (Å²) in [5, 5.41) is 6.45. The topological polar surface area (TPSA) is 140 Å². The van der Waals surface area contributed by atoms with Crippen LogP contribution in [0, 0.1) is 0 Å². The molecule has 3 aromatic rings. The third kappa shape index (κ3) is 4.88. The second-order valence-electron chi connectivity index (χ2n) is 6.08. The average Bonchev–Trinajstić information content (AvgIpc) is 3.16. The van der Waals surface area contributed by atoms with Crippen molar-refractivity contribution in [3.63, 3.8) is 0 Å². The van der Waals surface area contributed by atoms with E-state index in [2.05, 4.69) is 41.3 Å². The van der Waals surface area contributed by atoms with E-state index in [4.69, 9.17) is 0 Å². The molecule has 1 aromatic carbocycles. The van der Waals surface area contributed by atoms with Crippen LogP contribution in [0.5, 0.6) is 0 Å². The Balaban J connectivity index is 1.95. The second-order valence-corrected chi connectivity index (χ2v) is 8.32. The summed E-state index contributed by atoms with van der Waals surface area (Å²) in [6, 6.07) is 2.00. The van der Waals surface area contributed by atoms with Gasteiger partial charge in [0.25, 0.3) is 22.0 Å². The molecule has 0 aliphatic heterocycles. The molecule has 2 N–H and O–H groups in total. The molecule has 15 heteroatoms. The highest BCUT2D eigenvalue weighted by atomic mass is 79.9. The van der Waals surface area contributed by atoms with Crippen LogP contribution < -0.4 is 5.32 Å². The molecule has 3 rings (SSSR count). The third-order valence-corrected chi connectivity index (χ3v) is 5.43. The van der Waals surface area contributed by atoms with Gasteiger partial charge in [-0.2, -0.15) is 31.4 Å². The molecule has 0 saturated carbocycles. The Bertz CT molecular complexity index is 1230. The van der Waals surface area contributed by atoms with Crippen LogP contribution in [0.15, 0.2) is 46.3 Å². The standard InChI is InChI=1S/C16H12BrF3N6O4S/c1-8(13-23-7-24-26(13)15-21-3-2-4-22-15)25-14(27)9-5-10(17)12(16(18,19)20)11(6-9)31(28,29)30/h2-8H,1H3,(H,25,27)(H,28,29,30). The van der Waals surface area contributed by atoms with E-state index in [0.29, 0.717) is 6.07 Å². The third-order valence-electron chi connectivity index (χ3n) is 3.93. The monoisotopic (exact) mass is 520 g/mol. The fraction of sp³-hybridized carbons (Fsp3) is 0.188. The van der Waals surface area contributed by atoms with Crippen LogP contribution in [0.1, 0.15) is 34.7 Å². The van der Waals surface area contributed by atoms with Gasteiger partial charge in [0.15, 0.2) is 5.82 Å². The van der Waals surface area contributed by atoms with Gasteiger partial charge in [0.2, 0.25) is 0 Å². The Hall–Kier alpha value is -2.91. The number of amides is 1. The molecular formula is C16H12BrF3N6O4S. The number of hydrogen-bond donors (Lipinski definition) is 2. The number of halogens is 4. The summed E-state index contributed by atoms with van der Waals surface area (Å²) in [6.45, 7) is 1.52. The van der Waals surface area contributed by atoms with E-state index >= 15 is 0 Å². The molecule has 10 nitrogen and oxygen atoms in total. The second kappa shape index (κ2) is 8.32. The van der Waals surface area contributed by atoms with E-state index in [9.17, 15) is 30.9 Å². The van der Waals surface area contributed by atoms with E-state index < -0.39 is 48.7 Å². The Kier molecular flexibility index (Phi) is 6.11. The maximum Gasteiger partial charge on any atom is 0.418 e. The van der Waals surface area contributed by atoms with Gasteiger partial charge >= 0.3 is 6.18 Å². The predicted octanol–water partition coefficient (Wildman–Crippen LogP) is 2.58. The van der Waals surface area contributed by atoms with Gasteiger partial charge in [0.05, 0.1) is 11.6 Å². The minimum absolute atomic E-state index is 0.169. The van der Waals surface area contributed by atoms with Gasteiger partial charge in [-0.15, -0.1) is 0 Å². The summed E-state index contributed by atoms with van der Waals surface area (Å²) in [5.41, 5.74) is -2.07. The number of alkyl halides is 3. The summed E-state index contributed by atoms with van der Waals surface area (Å²) < 4.78 is 72.5. The first-order chi connectivity index (χ1) is 14.4. The van der Waals surface area contributed by atoms with Gasteiger partial charge in [0, 0.05) is 22.4 Å². The lowest BCUT2D eigenvalue weighted by Crippen LogP contribution is -2.29. The van der Waals surface area contributed by atoms with Crippen LogP contribution in [0.4, 0.5) is 13.2 Å². The fourth-order valence-electron chi connectivity index (χ4n) is 2.64. The van der Waals surface area contributed by atoms with Crippen molar-refractivity contribution in [2.45, 2.75) is 24.0 Å². The molecule has 1 atom stereocenters. The molecular weight excluding hydrogens is 509 g/mol. The van der Waals surface area contributed by atoms with Gasteiger partial charge in [0.1, 0.15) is 11.2 Å². The van der Waals surface area contributed by atoms with Crippen molar-refractivity contribution < 1.29 is 30.9 Å². The van der Waals surface area contributed by atoms with Gasteiger partial charge in [-0.25, -0.2) is 15.0 Å². The van der Waals surface area contributed by atoms with Crippen molar-refractivity contribution in [2.24, 2.45) is 0 Å². The van der Waals surface area contributed by atoms with Crippen LogP contribution in [-0.4, -0.2) is 43.6 Å². The summed E-state index contributed by atoms with van der Waals surface area (Å²) in [6.07, 6.45) is -0.973. The molecule has 0 bridgehead atoms. The quantitative estimate of drug-likeness (QED) is 0.489. The lowest BCUT2D eigenvalue weighted by atomic mass is 10.1. The highest BCUT2D eigenvalue weighted by Crippen LogP contribution is 2.40. The van der Waals surface area contributed by atoms with Crippen molar-refractivity contribution in [3.8, 4) is 5.95 Å². The van der Waals surface area contributed by atoms with Gasteiger partial charge in [-0.3, -0.25) is 9.35 Å². The Labute approximate surface area is 181 Å². The fourth-order valence-corrected chi connectivity index (χ4v) is 4.21. The van der Waals surface area contributed by atoms with Crippen LogP contribution in [0.25, 0.3) is 5.95 Å². The first kappa shape index (κ1) is 22.8. The van der Waals surface area contributed by atoms with Crippen LogP contribution in [0.3, 0.4) is 0 Å². The molecule has 164 valence electrons. The number of carbonyl (C=O) groups excluding carboxylic acids is 1. The minimum Gasteiger partial charge on any atom is -0.342 e. The number of benzene rings is 1. The molecule has 0 aliphatic rings. The molecule has 0 radical (unpaired) electrons. The SMILES string of the molecule is CC(NC(=O)c1cc(Br)c(C(F)(F)F)c(S(=O)(=O)O)c1)c1ncnn1-c1ncccn1. The molecule has 2 aromatic heterocycles. The smallest absolute Gasteiger partial charge is 0.342 e. The van der Waals surface area contributed by atoms with E-state index in [-0.39, 0.29) is 11.8 Å². The normalized spacial score (nSPS) is 13.1. The number of hydrogen-bond acceptors (Lipinski definition) is 7. The number of carbonyl (C=O) groups is 1. The van der Waals surface area contributed by atoms with E-state index in [1.807, 2.05) is 0 Å². The molecule has 0 fully saturated rings. The Morgan fingerprint density at radius 1 is 1.23 bits per heavy atom. The number of rotatable bonds is 5. The molecule has 2 heterocycles. The summed E-state index contributed by atoms with van der Waals surface area (Å²) in [5.74, 6) is -0.544. The zero-order valence-electron chi connectivity index (χ0n) is 15.4. The molecule has 1 unspecified atom stereocenters. The molecule has 1 amide bonds. The lowest BCUT2D eigenvalue weighted by Gasteiger charge is -2.17. The van der Waals surface area contributed by atoms with Gasteiger partial charge in [-0.05, 0) is 25.1 Å². The van der Waals surface area contributed by atoms with E-state index in [0.717, 1.165) is 6.07 Å². The Morgan fingerprint density at radius 2 is 1.87 bits per heavy atom. The first-order valence-corrected chi connectivity index (χ1v) is 10.5. The zero-order chi connectivity index (χ0) is 23.0. The van der Waals surface area contributed by atoms with Gasteiger partial charge in [-0.1, -0.05) is 15.9 Å². The summed E-state index contributed by atoms with van der Waals surface area (Å²) in [7, 11) is -5.28. The highest BCUT2D eigenvalue weighted by Gasteiger charge is 2.40. The summed E-state index contributed by atoms with van der Waals surface area (Å²) >= 11 is 2.62. The van der Waals surface area contributed by atoms with Crippen molar-refractivity contribution in [1.29, 1.82) is 0 Å². The van der Waals surface area contributed by atoms with Crippen molar-refractivity contribution >= 4 is 32.0 Å². The van der Waals surface area contributed by atoms with Crippen molar-refractivity contribution in [3.05, 3.63) is 58.3 Å². The largest absolute Gasteiger partial charge is 0.418 e. The summed E-state index contributed by atoms with van der Waals surface area (Å²) in [4.78, 5) is 23.2. The van der Waals surface area contributed by atoms with Crippen LogP contribution in [-0.2, 0) is 16.3 Å². The van der Waals surface area contributed by atoms with Crippen LogP contribution in [0.2, 0.25) is 0 Å². The molecule has 0 saturated heterocycles.